The van der Waals surface area contributed by atoms with Crippen molar-refractivity contribution in [3.63, 3.8) is 0 Å². The largest absolute Gasteiger partial charge is 0.464 e. The molecule has 0 spiro atoms. The van der Waals surface area contributed by atoms with Crippen LogP contribution >= 0.6 is 0 Å². The van der Waals surface area contributed by atoms with E-state index in [4.69, 9.17) is 10.5 Å². The molecule has 3 unspecified atom stereocenters. The van der Waals surface area contributed by atoms with Crippen LogP contribution in [0.3, 0.4) is 0 Å². The molecule has 0 aromatic rings. The predicted molar refractivity (Wildman–Crippen MR) is 74.7 cm³/mol. The number of amides is 2. The number of nitrogens with two attached hydrogens (primary N) is 1. The van der Waals surface area contributed by atoms with Crippen molar-refractivity contribution in [2.45, 2.75) is 45.7 Å². The van der Waals surface area contributed by atoms with Crippen molar-refractivity contribution in [2.24, 2.45) is 11.7 Å². The van der Waals surface area contributed by atoms with Crippen molar-refractivity contribution in [1.82, 2.24) is 10.6 Å². The van der Waals surface area contributed by atoms with Gasteiger partial charge in [-0.25, -0.2) is 4.79 Å². The maximum absolute atomic E-state index is 12.0. The van der Waals surface area contributed by atoms with Crippen molar-refractivity contribution >= 4 is 18.3 Å². The van der Waals surface area contributed by atoms with E-state index in [1.54, 1.807) is 13.8 Å². The lowest BCUT2D eigenvalue weighted by Gasteiger charge is -2.25. The highest BCUT2D eigenvalue weighted by atomic mass is 16.5. The predicted octanol–water partition coefficient (Wildman–Crippen LogP) is -0.456. The number of rotatable bonds is 10. The van der Waals surface area contributed by atoms with Gasteiger partial charge in [0.1, 0.15) is 12.1 Å². The van der Waals surface area contributed by atoms with E-state index in [0.717, 1.165) is 0 Å². The quantitative estimate of drug-likeness (QED) is 0.372. The summed E-state index contributed by atoms with van der Waals surface area (Å²) in [5.74, 6) is -1.03. The third-order valence-electron chi connectivity index (χ3n) is 3.02. The molecule has 0 aliphatic rings. The molecule has 0 saturated carbocycles. The van der Waals surface area contributed by atoms with Gasteiger partial charge in [0.25, 0.3) is 0 Å². The van der Waals surface area contributed by atoms with Crippen LogP contribution in [-0.4, -0.2) is 43.5 Å². The summed E-state index contributed by atoms with van der Waals surface area (Å²) in [5, 5.41) is 5.04. The number of ether oxygens (including phenoxy) is 1. The number of esters is 1. The molecule has 3 atom stereocenters. The molecule has 7 nitrogen and oxygen atoms in total. The van der Waals surface area contributed by atoms with Crippen LogP contribution in [0.1, 0.15) is 33.6 Å². The summed E-state index contributed by atoms with van der Waals surface area (Å²) >= 11 is 0. The van der Waals surface area contributed by atoms with Crippen LogP contribution in [0.5, 0.6) is 0 Å². The molecule has 0 radical (unpaired) electrons. The second kappa shape index (κ2) is 10.2. The second-order valence-corrected chi connectivity index (χ2v) is 4.54. The Balaban J connectivity index is 4.81. The molecular weight excluding hydrogens is 262 g/mol. The molecule has 0 heterocycles. The van der Waals surface area contributed by atoms with E-state index in [-0.39, 0.29) is 12.5 Å². The fraction of sp³-hybridized carbons (Fsp3) is 0.769. The van der Waals surface area contributed by atoms with Gasteiger partial charge in [-0.1, -0.05) is 13.8 Å². The van der Waals surface area contributed by atoms with Crippen LogP contribution in [0.15, 0.2) is 0 Å². The lowest BCUT2D eigenvalue weighted by Crippen LogP contribution is -2.52. The fourth-order valence-corrected chi connectivity index (χ4v) is 1.81. The first-order valence-electron chi connectivity index (χ1n) is 6.88. The second-order valence-electron chi connectivity index (χ2n) is 4.54. The van der Waals surface area contributed by atoms with Crippen molar-refractivity contribution in [3.8, 4) is 0 Å². The van der Waals surface area contributed by atoms with E-state index >= 15 is 0 Å². The zero-order valence-electron chi connectivity index (χ0n) is 12.3. The number of nitrogens with one attached hydrogen (secondary N) is 2. The number of carbonyl (C=O) groups is 3. The van der Waals surface area contributed by atoms with E-state index < -0.39 is 24.0 Å². The first-order chi connectivity index (χ1) is 9.51. The molecule has 4 N–H and O–H groups in total. The van der Waals surface area contributed by atoms with E-state index in [1.165, 1.54) is 0 Å². The molecule has 0 rings (SSSR count). The Labute approximate surface area is 119 Å². The average molecular weight is 287 g/mol. The maximum atomic E-state index is 12.0. The molecule has 20 heavy (non-hydrogen) atoms. The van der Waals surface area contributed by atoms with Gasteiger partial charge >= 0.3 is 5.97 Å². The number of carbonyl (C=O) groups excluding carboxylic acids is 3. The Hall–Kier alpha value is -1.63. The minimum Gasteiger partial charge on any atom is -0.464 e. The van der Waals surface area contributed by atoms with Gasteiger partial charge in [-0.05, 0) is 32.2 Å². The fourth-order valence-electron chi connectivity index (χ4n) is 1.81. The van der Waals surface area contributed by atoms with Gasteiger partial charge in [0, 0.05) is 0 Å². The van der Waals surface area contributed by atoms with Crippen LogP contribution in [0.4, 0.5) is 0 Å². The molecule has 116 valence electrons. The minimum absolute atomic E-state index is 0.142. The summed E-state index contributed by atoms with van der Waals surface area (Å²) in [4.78, 5) is 34.4. The van der Waals surface area contributed by atoms with Crippen LogP contribution in [0.2, 0.25) is 0 Å². The summed E-state index contributed by atoms with van der Waals surface area (Å²) in [6, 6.07) is -1.41. The molecule has 7 heteroatoms. The highest BCUT2D eigenvalue weighted by Gasteiger charge is 2.29. The molecule has 0 fully saturated rings. The highest BCUT2D eigenvalue weighted by molar-refractivity contribution is 5.88. The SMILES string of the molecule is CCOC(=O)C(NC(=O)C(CC)NC=O)C(C)CCN. The van der Waals surface area contributed by atoms with Gasteiger partial charge in [0.05, 0.1) is 6.61 Å². The van der Waals surface area contributed by atoms with Gasteiger partial charge in [-0.2, -0.15) is 0 Å². The summed E-state index contributed by atoms with van der Waals surface area (Å²) in [5.41, 5.74) is 5.48. The van der Waals surface area contributed by atoms with Crippen LogP contribution < -0.4 is 16.4 Å². The lowest BCUT2D eigenvalue weighted by atomic mass is 9.97. The van der Waals surface area contributed by atoms with E-state index in [0.29, 0.717) is 25.8 Å². The van der Waals surface area contributed by atoms with Gasteiger partial charge in [-0.3, -0.25) is 9.59 Å². The smallest absolute Gasteiger partial charge is 0.328 e. The minimum atomic E-state index is -0.756. The summed E-state index contributed by atoms with van der Waals surface area (Å²) in [7, 11) is 0. The van der Waals surface area contributed by atoms with Gasteiger partial charge < -0.3 is 21.1 Å². The number of hydrogen-bond donors (Lipinski definition) is 3. The van der Waals surface area contributed by atoms with Crippen molar-refractivity contribution in [2.75, 3.05) is 13.2 Å². The average Bonchev–Trinajstić information content (AvgIpc) is 2.42. The molecule has 0 bridgehead atoms. The van der Waals surface area contributed by atoms with E-state index in [9.17, 15) is 14.4 Å². The van der Waals surface area contributed by atoms with Crippen molar-refractivity contribution < 1.29 is 19.1 Å². The van der Waals surface area contributed by atoms with Crippen LogP contribution in [-0.2, 0) is 19.1 Å². The molecule has 0 aliphatic carbocycles. The molecular formula is C13H25N3O4. The Morgan fingerprint density at radius 2 is 2.00 bits per heavy atom. The highest BCUT2D eigenvalue weighted by Crippen LogP contribution is 2.10. The van der Waals surface area contributed by atoms with Gasteiger partial charge in [0.2, 0.25) is 12.3 Å². The number of hydrogen-bond acceptors (Lipinski definition) is 5. The van der Waals surface area contributed by atoms with E-state index in [1.807, 2.05) is 6.92 Å². The first-order valence-corrected chi connectivity index (χ1v) is 6.88. The van der Waals surface area contributed by atoms with Crippen LogP contribution in [0.25, 0.3) is 0 Å². The first kappa shape index (κ1) is 18.4. The van der Waals surface area contributed by atoms with Crippen LogP contribution in [0, 0.1) is 5.92 Å². The Kier molecular flexibility index (Phi) is 9.36. The topological polar surface area (TPSA) is 111 Å². The zero-order chi connectivity index (χ0) is 15.5. The Morgan fingerprint density at radius 1 is 1.35 bits per heavy atom. The standard InChI is InChI=1S/C13H25N3O4/c1-4-10(15-8-17)12(18)16-11(9(3)6-7-14)13(19)20-5-2/h8-11H,4-7,14H2,1-3H3,(H,15,17)(H,16,18). The third-order valence-corrected chi connectivity index (χ3v) is 3.02. The van der Waals surface area contributed by atoms with Crippen molar-refractivity contribution in [3.05, 3.63) is 0 Å². The lowest BCUT2D eigenvalue weighted by molar-refractivity contribution is -0.149. The maximum Gasteiger partial charge on any atom is 0.328 e. The molecule has 2 amide bonds. The monoisotopic (exact) mass is 287 g/mol. The molecule has 0 aliphatic heterocycles. The van der Waals surface area contributed by atoms with E-state index in [2.05, 4.69) is 10.6 Å². The molecule has 0 aromatic heterocycles. The normalized spacial score (nSPS) is 14.8. The zero-order valence-corrected chi connectivity index (χ0v) is 12.3. The van der Waals surface area contributed by atoms with Crippen molar-refractivity contribution in [1.29, 1.82) is 0 Å². The summed E-state index contributed by atoms with van der Waals surface area (Å²) in [6.07, 6.45) is 1.49. The Bertz CT molecular complexity index is 323. The molecule has 0 saturated heterocycles. The Morgan fingerprint density at radius 3 is 2.45 bits per heavy atom. The van der Waals surface area contributed by atoms with Gasteiger partial charge in [-0.15, -0.1) is 0 Å². The third kappa shape index (κ3) is 6.01. The summed E-state index contributed by atoms with van der Waals surface area (Å²) < 4.78 is 4.96. The molecule has 0 aromatic carbocycles. The van der Waals surface area contributed by atoms with Gasteiger partial charge in [0.15, 0.2) is 0 Å². The summed E-state index contributed by atoms with van der Waals surface area (Å²) in [6.45, 7) is 5.94.